The Hall–Kier alpha value is -3.74. The Labute approximate surface area is 185 Å². The topological polar surface area (TPSA) is 52.6 Å². The minimum Gasteiger partial charge on any atom is -0.320 e. The van der Waals surface area contributed by atoms with Gasteiger partial charge in [-0.05, 0) is 48.7 Å². The zero-order chi connectivity index (χ0) is 22.7. The molecule has 1 heterocycles. The standard InChI is InChI=1S/C25H23F2N3O2/c1-17-8-11-23(22(14-17)28-24(31)20-10-9-19(26)15-21(20)27)30-13-5-12-29(25(30)32)16-18-6-3-2-4-7-18/h2-4,6-11,14-15H,5,12-13,16H2,1H3,(H,28,31). The van der Waals surface area contributed by atoms with E-state index in [1.165, 1.54) is 0 Å². The number of benzene rings is 3. The fourth-order valence-electron chi connectivity index (χ4n) is 3.80. The number of hydrogen-bond acceptors (Lipinski definition) is 2. The molecule has 3 aromatic carbocycles. The number of carbonyl (C=O) groups excluding carboxylic acids is 2. The van der Waals surface area contributed by atoms with Gasteiger partial charge in [-0.25, -0.2) is 13.6 Å². The van der Waals surface area contributed by atoms with Gasteiger partial charge in [0.1, 0.15) is 11.6 Å². The number of carbonyl (C=O) groups is 2. The summed E-state index contributed by atoms with van der Waals surface area (Å²) in [5.74, 6) is -2.41. The molecule has 7 heteroatoms. The fourth-order valence-corrected chi connectivity index (χ4v) is 3.80. The second-order valence-corrected chi connectivity index (χ2v) is 7.79. The van der Waals surface area contributed by atoms with E-state index in [1.54, 1.807) is 21.9 Å². The zero-order valence-corrected chi connectivity index (χ0v) is 17.6. The third kappa shape index (κ3) is 4.61. The lowest BCUT2D eigenvalue weighted by molar-refractivity contribution is 0.102. The van der Waals surface area contributed by atoms with Crippen molar-refractivity contribution in [1.82, 2.24) is 4.90 Å². The van der Waals surface area contributed by atoms with Gasteiger partial charge < -0.3 is 10.2 Å². The highest BCUT2D eigenvalue weighted by atomic mass is 19.1. The van der Waals surface area contributed by atoms with Gasteiger partial charge in [0.05, 0.1) is 16.9 Å². The molecule has 0 aliphatic carbocycles. The summed E-state index contributed by atoms with van der Waals surface area (Å²) in [4.78, 5) is 29.3. The summed E-state index contributed by atoms with van der Waals surface area (Å²) < 4.78 is 27.3. The van der Waals surface area contributed by atoms with Gasteiger partial charge in [0.25, 0.3) is 5.91 Å². The number of nitrogens with one attached hydrogen (secondary N) is 1. The fraction of sp³-hybridized carbons (Fsp3) is 0.200. The van der Waals surface area contributed by atoms with E-state index >= 15 is 0 Å². The molecule has 1 N–H and O–H groups in total. The molecule has 3 amide bonds. The predicted molar refractivity (Wildman–Crippen MR) is 120 cm³/mol. The van der Waals surface area contributed by atoms with Crippen LogP contribution in [0.5, 0.6) is 0 Å². The minimum atomic E-state index is -0.945. The van der Waals surface area contributed by atoms with Crippen LogP contribution >= 0.6 is 0 Å². The Balaban J connectivity index is 1.59. The van der Waals surface area contributed by atoms with Gasteiger partial charge in [-0.15, -0.1) is 0 Å². The zero-order valence-electron chi connectivity index (χ0n) is 17.6. The lowest BCUT2D eigenvalue weighted by atomic mass is 10.1. The van der Waals surface area contributed by atoms with Crippen LogP contribution in [0, 0.1) is 18.6 Å². The largest absolute Gasteiger partial charge is 0.324 e. The summed E-state index contributed by atoms with van der Waals surface area (Å²) in [6.07, 6.45) is 0.770. The van der Waals surface area contributed by atoms with Crippen LogP contribution in [0.15, 0.2) is 66.7 Å². The number of rotatable bonds is 5. The van der Waals surface area contributed by atoms with Crippen LogP contribution in [0.4, 0.5) is 25.0 Å². The van der Waals surface area contributed by atoms with Gasteiger partial charge in [-0.2, -0.15) is 0 Å². The molecular formula is C25H23F2N3O2. The molecule has 0 aromatic heterocycles. The van der Waals surface area contributed by atoms with Crippen molar-refractivity contribution in [2.75, 3.05) is 23.3 Å². The van der Waals surface area contributed by atoms with E-state index in [9.17, 15) is 18.4 Å². The summed E-state index contributed by atoms with van der Waals surface area (Å²) in [5.41, 5.74) is 2.57. The van der Waals surface area contributed by atoms with Gasteiger partial charge in [0, 0.05) is 25.7 Å². The summed E-state index contributed by atoms with van der Waals surface area (Å²) in [6, 6.07) is 17.7. The smallest absolute Gasteiger partial charge is 0.320 e. The van der Waals surface area contributed by atoms with Crippen molar-refractivity contribution >= 4 is 23.3 Å². The molecule has 1 aliphatic heterocycles. The molecule has 0 saturated carbocycles. The van der Waals surface area contributed by atoms with Crippen molar-refractivity contribution in [2.24, 2.45) is 0 Å². The highest BCUT2D eigenvalue weighted by Crippen LogP contribution is 2.31. The number of nitrogens with zero attached hydrogens (tertiary/aromatic N) is 2. The molecule has 1 saturated heterocycles. The van der Waals surface area contributed by atoms with Crippen molar-refractivity contribution < 1.29 is 18.4 Å². The number of urea groups is 1. The maximum absolute atomic E-state index is 14.1. The Bertz CT molecular complexity index is 1150. The molecule has 164 valence electrons. The third-order valence-corrected chi connectivity index (χ3v) is 5.39. The van der Waals surface area contributed by atoms with Crippen LogP contribution in [0.2, 0.25) is 0 Å². The van der Waals surface area contributed by atoms with E-state index in [0.29, 0.717) is 37.1 Å². The van der Waals surface area contributed by atoms with Crippen LogP contribution in [-0.4, -0.2) is 29.9 Å². The van der Waals surface area contributed by atoms with E-state index in [2.05, 4.69) is 5.32 Å². The Morgan fingerprint density at radius 2 is 1.78 bits per heavy atom. The first-order chi connectivity index (χ1) is 15.4. The van der Waals surface area contributed by atoms with Crippen molar-refractivity contribution in [3.05, 3.63) is 95.1 Å². The molecule has 0 bridgehead atoms. The van der Waals surface area contributed by atoms with E-state index in [-0.39, 0.29) is 11.6 Å². The number of aryl methyl sites for hydroxylation is 1. The molecule has 3 aromatic rings. The van der Waals surface area contributed by atoms with Crippen LogP contribution in [-0.2, 0) is 6.54 Å². The van der Waals surface area contributed by atoms with E-state index < -0.39 is 17.5 Å². The monoisotopic (exact) mass is 435 g/mol. The molecule has 0 unspecified atom stereocenters. The molecular weight excluding hydrogens is 412 g/mol. The number of anilines is 2. The first-order valence-corrected chi connectivity index (χ1v) is 10.4. The van der Waals surface area contributed by atoms with Gasteiger partial charge >= 0.3 is 6.03 Å². The van der Waals surface area contributed by atoms with Gasteiger partial charge in [0.15, 0.2) is 0 Å². The Kier molecular flexibility index (Phi) is 6.16. The van der Waals surface area contributed by atoms with E-state index in [0.717, 1.165) is 29.7 Å². The first kappa shape index (κ1) is 21.5. The van der Waals surface area contributed by atoms with Gasteiger partial charge in [-0.3, -0.25) is 9.69 Å². The summed E-state index contributed by atoms with van der Waals surface area (Å²) >= 11 is 0. The second-order valence-electron chi connectivity index (χ2n) is 7.79. The predicted octanol–water partition coefficient (Wildman–Crippen LogP) is 5.36. The van der Waals surface area contributed by atoms with Crippen molar-refractivity contribution in [2.45, 2.75) is 19.9 Å². The minimum absolute atomic E-state index is 0.160. The molecule has 1 fully saturated rings. The van der Waals surface area contributed by atoms with E-state index in [4.69, 9.17) is 0 Å². The normalized spacial score (nSPS) is 13.9. The van der Waals surface area contributed by atoms with Crippen LogP contribution in [0.25, 0.3) is 0 Å². The maximum Gasteiger partial charge on any atom is 0.324 e. The average Bonchev–Trinajstić information content (AvgIpc) is 2.76. The number of hydrogen-bond donors (Lipinski definition) is 1. The van der Waals surface area contributed by atoms with Crippen molar-refractivity contribution in [3.63, 3.8) is 0 Å². The second kappa shape index (κ2) is 9.18. The highest BCUT2D eigenvalue weighted by molar-refractivity contribution is 6.07. The lowest BCUT2D eigenvalue weighted by Crippen LogP contribution is -2.49. The van der Waals surface area contributed by atoms with Crippen LogP contribution in [0.1, 0.15) is 27.9 Å². The molecule has 32 heavy (non-hydrogen) atoms. The summed E-state index contributed by atoms with van der Waals surface area (Å²) in [5, 5.41) is 2.70. The summed E-state index contributed by atoms with van der Waals surface area (Å²) in [7, 11) is 0. The molecule has 1 aliphatic rings. The third-order valence-electron chi connectivity index (χ3n) is 5.39. The van der Waals surface area contributed by atoms with Gasteiger partial charge in [-0.1, -0.05) is 36.4 Å². The van der Waals surface area contributed by atoms with Gasteiger partial charge in [0.2, 0.25) is 0 Å². The molecule has 4 rings (SSSR count). The van der Waals surface area contributed by atoms with E-state index in [1.807, 2.05) is 43.3 Å². The molecule has 0 atom stereocenters. The molecule has 0 radical (unpaired) electrons. The van der Waals surface area contributed by atoms with Crippen molar-refractivity contribution in [3.8, 4) is 0 Å². The van der Waals surface area contributed by atoms with Crippen molar-refractivity contribution in [1.29, 1.82) is 0 Å². The Morgan fingerprint density at radius 1 is 1.00 bits per heavy atom. The highest BCUT2D eigenvalue weighted by Gasteiger charge is 2.29. The number of amides is 3. The SMILES string of the molecule is Cc1ccc(N2CCCN(Cc3ccccc3)C2=O)c(NC(=O)c2ccc(F)cc2F)c1. The summed E-state index contributed by atoms with van der Waals surface area (Å²) in [6.45, 7) is 3.49. The van der Waals surface area contributed by atoms with Crippen LogP contribution in [0.3, 0.4) is 0 Å². The molecule has 5 nitrogen and oxygen atoms in total. The first-order valence-electron chi connectivity index (χ1n) is 10.4. The lowest BCUT2D eigenvalue weighted by Gasteiger charge is -2.36. The average molecular weight is 435 g/mol. The quantitative estimate of drug-likeness (QED) is 0.587. The molecule has 0 spiro atoms. The Morgan fingerprint density at radius 3 is 2.53 bits per heavy atom. The maximum atomic E-state index is 14.1. The van der Waals surface area contributed by atoms with Crippen LogP contribution < -0.4 is 10.2 Å². The number of halogens is 2.